The number of rotatable bonds is 4. The van der Waals surface area contributed by atoms with E-state index in [0.29, 0.717) is 0 Å². The molecule has 0 atom stereocenters. The maximum atomic E-state index is 10.8. The lowest BCUT2D eigenvalue weighted by atomic mass is 10.2. The van der Waals surface area contributed by atoms with E-state index in [2.05, 4.69) is 20.2 Å². The normalized spacial score (nSPS) is 10.3. The highest BCUT2D eigenvalue weighted by Gasteiger charge is 2.09. The van der Waals surface area contributed by atoms with Gasteiger partial charge in [0.05, 0.1) is 22.4 Å². The number of nitrogens with zero attached hydrogens (tertiary/aromatic N) is 2. The molecule has 0 rings (SSSR count). The largest absolute Gasteiger partial charge is 0.339 e. The molecular weight excluding hydrogens is 224 g/mol. The Bertz CT molecular complexity index is 217. The lowest BCUT2D eigenvalue weighted by Gasteiger charge is -1.99. The van der Waals surface area contributed by atoms with Crippen molar-refractivity contribution >= 4 is 24.3 Å². The van der Waals surface area contributed by atoms with Crippen LogP contribution < -0.4 is 0 Å². The van der Waals surface area contributed by atoms with Gasteiger partial charge in [-0.25, -0.2) is 9.59 Å². The Balaban J connectivity index is 0. The molecule has 0 fully saturated rings. The van der Waals surface area contributed by atoms with Crippen LogP contribution in [0.15, 0.2) is 10.6 Å². The molecule has 0 unspecified atom stereocenters. The molecule has 0 aromatic heterocycles. The third-order valence-corrected chi connectivity index (χ3v) is 1.24. The van der Waals surface area contributed by atoms with Gasteiger partial charge in [-0.1, -0.05) is 27.7 Å². The standard InChI is InChI=1S/C8H14N2O4.ClH/c1-5(2)7(11)13-9-10-14-8(12)6(3)4;/h5-6H,1-4H3;1H. The van der Waals surface area contributed by atoms with Gasteiger partial charge in [-0.2, -0.15) is 0 Å². The first-order chi connectivity index (χ1) is 6.45. The van der Waals surface area contributed by atoms with E-state index in [1.54, 1.807) is 27.7 Å². The molecule has 0 saturated carbocycles. The van der Waals surface area contributed by atoms with Crippen molar-refractivity contribution in [3.05, 3.63) is 0 Å². The van der Waals surface area contributed by atoms with Crippen LogP contribution in [0.25, 0.3) is 0 Å². The van der Waals surface area contributed by atoms with E-state index < -0.39 is 11.9 Å². The lowest BCUT2D eigenvalue weighted by molar-refractivity contribution is -0.156. The summed E-state index contributed by atoms with van der Waals surface area (Å²) in [6.07, 6.45) is 0. The molecule has 0 amide bonds. The maximum Gasteiger partial charge on any atom is 0.339 e. The fraction of sp³-hybridized carbons (Fsp3) is 0.750. The third-order valence-electron chi connectivity index (χ3n) is 1.24. The SMILES string of the molecule is CC(C)C(=O)ON=NOC(=O)C(C)C.Cl. The van der Waals surface area contributed by atoms with E-state index in [-0.39, 0.29) is 24.2 Å². The summed E-state index contributed by atoms with van der Waals surface area (Å²) in [5.74, 6) is -1.66. The van der Waals surface area contributed by atoms with Gasteiger partial charge in [0.1, 0.15) is 0 Å². The molecule has 0 radical (unpaired) electrons. The Labute approximate surface area is 94.4 Å². The van der Waals surface area contributed by atoms with Crippen LogP contribution >= 0.6 is 12.4 Å². The predicted octanol–water partition coefficient (Wildman–Crippen LogP) is 2.09. The first-order valence-corrected chi connectivity index (χ1v) is 4.27. The van der Waals surface area contributed by atoms with Crippen LogP contribution in [-0.4, -0.2) is 11.9 Å². The molecule has 0 aliphatic heterocycles. The third kappa shape index (κ3) is 7.87. The highest BCUT2D eigenvalue weighted by Crippen LogP contribution is 1.99. The summed E-state index contributed by atoms with van der Waals surface area (Å²) in [4.78, 5) is 30.2. The Morgan fingerprint density at radius 2 is 1.13 bits per heavy atom. The van der Waals surface area contributed by atoms with E-state index in [1.807, 2.05) is 0 Å². The van der Waals surface area contributed by atoms with Crippen molar-refractivity contribution in [3.63, 3.8) is 0 Å². The second-order valence-electron chi connectivity index (χ2n) is 3.29. The average molecular weight is 239 g/mol. The molecule has 0 aromatic rings. The van der Waals surface area contributed by atoms with Crippen molar-refractivity contribution in [1.29, 1.82) is 0 Å². The zero-order chi connectivity index (χ0) is 11.1. The highest BCUT2D eigenvalue weighted by molar-refractivity contribution is 5.85. The van der Waals surface area contributed by atoms with Crippen molar-refractivity contribution in [2.75, 3.05) is 0 Å². The number of halogens is 1. The second-order valence-corrected chi connectivity index (χ2v) is 3.29. The van der Waals surface area contributed by atoms with E-state index in [0.717, 1.165) is 0 Å². The number of carbonyl (C=O) groups is 2. The minimum atomic E-state index is -0.533. The van der Waals surface area contributed by atoms with Gasteiger partial charge in [0, 0.05) is 0 Å². The minimum Gasteiger partial charge on any atom is -0.297 e. The van der Waals surface area contributed by atoms with Crippen LogP contribution in [-0.2, 0) is 19.3 Å². The quantitative estimate of drug-likeness (QED) is 0.555. The van der Waals surface area contributed by atoms with E-state index >= 15 is 0 Å². The van der Waals surface area contributed by atoms with E-state index in [9.17, 15) is 9.59 Å². The van der Waals surface area contributed by atoms with Crippen molar-refractivity contribution < 1.29 is 19.3 Å². The Morgan fingerprint density at radius 1 is 0.867 bits per heavy atom. The molecule has 15 heavy (non-hydrogen) atoms. The first-order valence-electron chi connectivity index (χ1n) is 4.27. The van der Waals surface area contributed by atoms with Crippen molar-refractivity contribution in [1.82, 2.24) is 0 Å². The zero-order valence-corrected chi connectivity index (χ0v) is 9.91. The number of hydrogen-bond donors (Lipinski definition) is 0. The predicted molar refractivity (Wildman–Crippen MR) is 54.0 cm³/mol. The van der Waals surface area contributed by atoms with Gasteiger partial charge >= 0.3 is 11.9 Å². The smallest absolute Gasteiger partial charge is 0.297 e. The monoisotopic (exact) mass is 238 g/mol. The fourth-order valence-electron chi connectivity index (χ4n) is 0.325. The molecule has 0 bridgehead atoms. The zero-order valence-electron chi connectivity index (χ0n) is 9.09. The van der Waals surface area contributed by atoms with Gasteiger partial charge < -0.3 is 0 Å². The topological polar surface area (TPSA) is 77.3 Å². The summed E-state index contributed by atoms with van der Waals surface area (Å²) >= 11 is 0. The van der Waals surface area contributed by atoms with Crippen molar-refractivity contribution in [2.24, 2.45) is 22.4 Å². The molecule has 0 heterocycles. The molecule has 0 saturated heterocycles. The summed E-state index contributed by atoms with van der Waals surface area (Å²) in [5, 5.41) is 5.89. The van der Waals surface area contributed by atoms with E-state index in [4.69, 9.17) is 0 Å². The second kappa shape index (κ2) is 8.16. The molecule has 0 spiro atoms. The van der Waals surface area contributed by atoms with Crippen molar-refractivity contribution in [3.8, 4) is 0 Å². The van der Waals surface area contributed by atoms with Crippen molar-refractivity contribution in [2.45, 2.75) is 27.7 Å². The maximum absolute atomic E-state index is 10.8. The van der Waals surface area contributed by atoms with Gasteiger partial charge in [-0.3, -0.25) is 9.68 Å². The van der Waals surface area contributed by atoms with Gasteiger partial charge in [0.2, 0.25) is 0 Å². The summed E-state index contributed by atoms with van der Waals surface area (Å²) in [6, 6.07) is 0. The van der Waals surface area contributed by atoms with Gasteiger partial charge in [0.25, 0.3) is 0 Å². The van der Waals surface area contributed by atoms with Gasteiger partial charge in [0.15, 0.2) is 0 Å². The Hall–Kier alpha value is -1.17. The lowest BCUT2D eigenvalue weighted by Crippen LogP contribution is -2.09. The average Bonchev–Trinajstić information content (AvgIpc) is 2.11. The van der Waals surface area contributed by atoms with Crippen LogP contribution in [0.2, 0.25) is 0 Å². The van der Waals surface area contributed by atoms with Gasteiger partial charge in [-0.15, -0.1) is 12.4 Å². The first kappa shape index (κ1) is 16.3. The Morgan fingerprint density at radius 3 is 1.33 bits per heavy atom. The summed E-state index contributed by atoms with van der Waals surface area (Å²) in [5.41, 5.74) is 0. The van der Waals surface area contributed by atoms with Crippen LogP contribution in [0, 0.1) is 11.8 Å². The van der Waals surface area contributed by atoms with Crippen LogP contribution in [0.4, 0.5) is 0 Å². The van der Waals surface area contributed by atoms with Gasteiger partial charge in [-0.05, 0) is 0 Å². The summed E-state index contributed by atoms with van der Waals surface area (Å²) < 4.78 is 0. The minimum absolute atomic E-state index is 0. The van der Waals surface area contributed by atoms with Crippen LogP contribution in [0.3, 0.4) is 0 Å². The molecule has 6 nitrogen and oxygen atoms in total. The molecule has 0 aliphatic carbocycles. The number of carbonyl (C=O) groups excluding carboxylic acids is 2. The Kier molecular flexibility index (Phi) is 8.85. The van der Waals surface area contributed by atoms with Crippen LogP contribution in [0.5, 0.6) is 0 Å². The molecule has 7 heteroatoms. The van der Waals surface area contributed by atoms with Crippen LogP contribution in [0.1, 0.15) is 27.7 Å². The molecule has 0 N–H and O–H groups in total. The van der Waals surface area contributed by atoms with E-state index in [1.165, 1.54) is 0 Å². The molecular formula is C8H15ClN2O4. The summed E-state index contributed by atoms with van der Waals surface area (Å²) in [6.45, 7) is 6.60. The fourth-order valence-corrected chi connectivity index (χ4v) is 0.325. The molecule has 0 aromatic carbocycles. The highest BCUT2D eigenvalue weighted by atomic mass is 35.5. The number of hydrogen-bond acceptors (Lipinski definition) is 6. The molecule has 88 valence electrons. The molecule has 0 aliphatic rings. The summed E-state index contributed by atoms with van der Waals surface area (Å²) in [7, 11) is 0.